The van der Waals surface area contributed by atoms with Crippen molar-refractivity contribution in [3.8, 4) is 5.75 Å². The van der Waals surface area contributed by atoms with E-state index in [1.807, 2.05) is 30.3 Å². The van der Waals surface area contributed by atoms with E-state index >= 15 is 0 Å². The summed E-state index contributed by atoms with van der Waals surface area (Å²) in [6.45, 7) is 2.19. The Labute approximate surface area is 159 Å². The summed E-state index contributed by atoms with van der Waals surface area (Å²) in [4.78, 5) is 28.3. The third-order valence-corrected chi connectivity index (χ3v) is 4.75. The Balaban J connectivity index is 1.71. The lowest BCUT2D eigenvalue weighted by Crippen LogP contribution is -2.15. The van der Waals surface area contributed by atoms with Crippen LogP contribution in [0.5, 0.6) is 5.75 Å². The topological polar surface area (TPSA) is 94.4 Å². The summed E-state index contributed by atoms with van der Waals surface area (Å²) >= 11 is 1.33. The van der Waals surface area contributed by atoms with Crippen molar-refractivity contribution >= 4 is 39.9 Å². The Morgan fingerprint density at radius 3 is 2.85 bits per heavy atom. The van der Waals surface area contributed by atoms with Gasteiger partial charge in [-0.1, -0.05) is 18.2 Å². The molecular weight excluding hydrogens is 366 g/mol. The Bertz CT molecular complexity index is 988. The number of thioether (sulfide) groups is 1. The van der Waals surface area contributed by atoms with Gasteiger partial charge in [0.2, 0.25) is 5.91 Å². The van der Waals surface area contributed by atoms with Crippen molar-refractivity contribution in [1.29, 1.82) is 0 Å². The maximum Gasteiger partial charge on any atom is 0.296 e. The molecule has 3 aromatic rings. The van der Waals surface area contributed by atoms with E-state index in [9.17, 15) is 14.9 Å². The number of amides is 1. The molecule has 2 aromatic carbocycles. The van der Waals surface area contributed by atoms with Gasteiger partial charge in [-0.3, -0.25) is 19.9 Å². The molecule has 0 spiro atoms. The van der Waals surface area contributed by atoms with Crippen LogP contribution in [0.3, 0.4) is 0 Å². The van der Waals surface area contributed by atoms with Gasteiger partial charge >= 0.3 is 0 Å². The van der Waals surface area contributed by atoms with Crippen LogP contribution in [0.25, 0.3) is 10.9 Å². The lowest BCUT2D eigenvalue weighted by Gasteiger charge is -2.09. The highest BCUT2D eigenvalue weighted by molar-refractivity contribution is 8.00. The molecular formula is C19H17N3O4S. The standard InChI is InChI=1S/C19H17N3O4S/c1-2-26-14-8-9-15(16(11-14)22(24)25)21-18(23)12-27-17-7-3-5-13-6-4-10-20-19(13)17/h3-11H,2,12H2,1H3,(H,21,23). The molecule has 1 N–H and O–H groups in total. The third-order valence-electron chi connectivity index (χ3n) is 3.71. The van der Waals surface area contributed by atoms with Crippen molar-refractivity contribution in [3.05, 3.63) is 64.8 Å². The first-order valence-electron chi connectivity index (χ1n) is 8.26. The van der Waals surface area contributed by atoms with Crippen LogP contribution in [-0.2, 0) is 4.79 Å². The molecule has 7 nitrogen and oxygen atoms in total. The van der Waals surface area contributed by atoms with Gasteiger partial charge in [-0.15, -0.1) is 11.8 Å². The molecule has 0 aliphatic heterocycles. The van der Waals surface area contributed by atoms with Crippen molar-refractivity contribution in [3.63, 3.8) is 0 Å². The number of hydrogen-bond acceptors (Lipinski definition) is 6. The second-order valence-electron chi connectivity index (χ2n) is 5.54. The number of nitrogens with zero attached hydrogens (tertiary/aromatic N) is 2. The Morgan fingerprint density at radius 2 is 2.07 bits per heavy atom. The molecule has 1 heterocycles. The number of fused-ring (bicyclic) bond motifs is 1. The fourth-order valence-corrected chi connectivity index (χ4v) is 3.39. The number of aromatic nitrogens is 1. The van der Waals surface area contributed by atoms with E-state index in [-0.39, 0.29) is 23.0 Å². The minimum Gasteiger partial charge on any atom is -0.494 e. The average Bonchev–Trinajstić information content (AvgIpc) is 2.67. The van der Waals surface area contributed by atoms with Crippen molar-refractivity contribution in [2.45, 2.75) is 11.8 Å². The lowest BCUT2D eigenvalue weighted by atomic mass is 10.2. The zero-order chi connectivity index (χ0) is 19.2. The molecule has 0 atom stereocenters. The zero-order valence-electron chi connectivity index (χ0n) is 14.5. The molecule has 8 heteroatoms. The number of hydrogen-bond donors (Lipinski definition) is 1. The van der Waals surface area contributed by atoms with E-state index in [4.69, 9.17) is 4.74 Å². The highest BCUT2D eigenvalue weighted by Crippen LogP contribution is 2.30. The fourth-order valence-electron chi connectivity index (χ4n) is 2.55. The molecule has 3 rings (SSSR count). The molecule has 1 aromatic heterocycles. The second kappa shape index (κ2) is 8.50. The number of ether oxygens (including phenoxy) is 1. The highest BCUT2D eigenvalue weighted by Gasteiger charge is 2.17. The normalized spacial score (nSPS) is 10.6. The number of carbonyl (C=O) groups is 1. The summed E-state index contributed by atoms with van der Waals surface area (Å²) < 4.78 is 5.27. The smallest absolute Gasteiger partial charge is 0.296 e. The van der Waals surface area contributed by atoms with E-state index in [1.54, 1.807) is 19.2 Å². The van der Waals surface area contributed by atoms with E-state index in [1.165, 1.54) is 23.9 Å². The van der Waals surface area contributed by atoms with E-state index in [2.05, 4.69) is 10.3 Å². The first-order valence-corrected chi connectivity index (χ1v) is 9.24. The maximum atomic E-state index is 12.3. The van der Waals surface area contributed by atoms with Gasteiger partial charge in [0.25, 0.3) is 5.69 Å². The van der Waals surface area contributed by atoms with Gasteiger partial charge in [0, 0.05) is 16.5 Å². The summed E-state index contributed by atoms with van der Waals surface area (Å²) in [5.41, 5.74) is 0.765. The molecule has 0 bridgehead atoms. The number of benzene rings is 2. The Hall–Kier alpha value is -3.13. The average molecular weight is 383 g/mol. The van der Waals surface area contributed by atoms with Gasteiger partial charge in [0.15, 0.2) is 0 Å². The van der Waals surface area contributed by atoms with Crippen LogP contribution >= 0.6 is 11.8 Å². The largest absolute Gasteiger partial charge is 0.494 e. The number of carbonyl (C=O) groups excluding carboxylic acids is 1. The summed E-state index contributed by atoms with van der Waals surface area (Å²) in [6, 6.07) is 13.9. The molecule has 138 valence electrons. The maximum absolute atomic E-state index is 12.3. The van der Waals surface area contributed by atoms with Crippen LogP contribution in [0.4, 0.5) is 11.4 Å². The number of rotatable bonds is 7. The minimum atomic E-state index is -0.542. The fraction of sp³-hybridized carbons (Fsp3) is 0.158. The first-order chi connectivity index (χ1) is 13.1. The molecule has 0 aliphatic rings. The van der Waals surface area contributed by atoms with Crippen LogP contribution in [-0.4, -0.2) is 28.2 Å². The highest BCUT2D eigenvalue weighted by atomic mass is 32.2. The Morgan fingerprint density at radius 1 is 1.26 bits per heavy atom. The van der Waals surface area contributed by atoms with Crippen molar-refractivity contribution in [1.82, 2.24) is 4.98 Å². The van der Waals surface area contributed by atoms with Gasteiger partial charge in [0.05, 0.1) is 28.9 Å². The summed E-state index contributed by atoms with van der Waals surface area (Å²) in [5, 5.41) is 14.9. The summed E-state index contributed by atoms with van der Waals surface area (Å²) in [6.07, 6.45) is 1.70. The van der Waals surface area contributed by atoms with Crippen molar-refractivity contribution in [2.75, 3.05) is 17.7 Å². The predicted octanol–water partition coefficient (Wildman–Crippen LogP) is 4.27. The Kier molecular flexibility index (Phi) is 5.87. The number of nitro groups is 1. The second-order valence-corrected chi connectivity index (χ2v) is 6.55. The van der Waals surface area contributed by atoms with E-state index in [0.717, 1.165) is 15.8 Å². The molecule has 0 saturated heterocycles. The van der Waals surface area contributed by atoms with Gasteiger partial charge in [-0.05, 0) is 31.2 Å². The monoisotopic (exact) mass is 383 g/mol. The first kappa shape index (κ1) is 18.7. The number of anilines is 1. The molecule has 1 amide bonds. The van der Waals surface area contributed by atoms with Gasteiger partial charge in [0.1, 0.15) is 11.4 Å². The van der Waals surface area contributed by atoms with E-state index < -0.39 is 4.92 Å². The van der Waals surface area contributed by atoms with Crippen LogP contribution < -0.4 is 10.1 Å². The number of para-hydroxylation sites is 1. The van der Waals surface area contributed by atoms with E-state index in [0.29, 0.717) is 12.4 Å². The molecule has 0 unspecified atom stereocenters. The van der Waals surface area contributed by atoms with Crippen LogP contribution in [0, 0.1) is 10.1 Å². The van der Waals surface area contributed by atoms with Crippen LogP contribution in [0.15, 0.2) is 59.6 Å². The number of pyridine rings is 1. The van der Waals surface area contributed by atoms with Gasteiger partial charge in [-0.25, -0.2) is 0 Å². The molecule has 0 radical (unpaired) electrons. The van der Waals surface area contributed by atoms with Crippen molar-refractivity contribution < 1.29 is 14.5 Å². The van der Waals surface area contributed by atoms with Crippen LogP contribution in [0.1, 0.15) is 6.92 Å². The molecule has 27 heavy (non-hydrogen) atoms. The predicted molar refractivity (Wildman–Crippen MR) is 105 cm³/mol. The van der Waals surface area contributed by atoms with Crippen molar-refractivity contribution in [2.24, 2.45) is 0 Å². The lowest BCUT2D eigenvalue weighted by molar-refractivity contribution is -0.384. The third kappa shape index (κ3) is 4.53. The summed E-state index contributed by atoms with van der Waals surface area (Å²) in [7, 11) is 0. The molecule has 0 fully saturated rings. The zero-order valence-corrected chi connectivity index (χ0v) is 15.4. The SMILES string of the molecule is CCOc1ccc(NC(=O)CSc2cccc3cccnc23)c([N+](=O)[O-])c1. The van der Waals surface area contributed by atoms with Gasteiger partial charge < -0.3 is 10.1 Å². The molecule has 0 saturated carbocycles. The quantitative estimate of drug-likeness (QED) is 0.372. The van der Waals surface area contributed by atoms with Crippen LogP contribution in [0.2, 0.25) is 0 Å². The summed E-state index contributed by atoms with van der Waals surface area (Å²) in [5.74, 6) is 0.165. The molecule has 0 aliphatic carbocycles. The number of nitrogens with one attached hydrogen (secondary N) is 1. The minimum absolute atomic E-state index is 0.111. The number of nitro benzene ring substituents is 1. The van der Waals surface area contributed by atoms with Gasteiger partial charge in [-0.2, -0.15) is 0 Å².